The summed E-state index contributed by atoms with van der Waals surface area (Å²) in [6, 6.07) is 5.92. The molecule has 1 aromatic carbocycles. The molecule has 0 amide bonds. The van der Waals surface area contributed by atoms with Gasteiger partial charge in [-0.25, -0.2) is 0 Å². The van der Waals surface area contributed by atoms with Crippen molar-refractivity contribution in [1.82, 2.24) is 15.1 Å². The molecule has 4 heteroatoms. The summed E-state index contributed by atoms with van der Waals surface area (Å²) < 4.78 is 0. The summed E-state index contributed by atoms with van der Waals surface area (Å²) in [4.78, 5) is 2.38. The van der Waals surface area contributed by atoms with Gasteiger partial charge in [0.1, 0.15) is 0 Å². The smallest absolute Gasteiger partial charge is 0.0925 e. The van der Waals surface area contributed by atoms with Crippen molar-refractivity contribution in [2.45, 2.75) is 18.8 Å². The predicted octanol–water partition coefficient (Wildman–Crippen LogP) is 1.95. The third-order valence-electron chi connectivity index (χ3n) is 3.73. The van der Waals surface area contributed by atoms with Crippen molar-refractivity contribution < 1.29 is 0 Å². The van der Waals surface area contributed by atoms with E-state index in [4.69, 9.17) is 5.73 Å². The number of nitrogens with two attached hydrogens (primary N) is 1. The molecule has 0 saturated carbocycles. The third-order valence-corrected chi connectivity index (χ3v) is 3.73. The molecular formula is C13H18N4. The van der Waals surface area contributed by atoms with Crippen LogP contribution in [0.15, 0.2) is 18.2 Å². The lowest BCUT2D eigenvalue weighted by Gasteiger charge is -2.28. The first-order valence-electron chi connectivity index (χ1n) is 6.16. The lowest BCUT2D eigenvalue weighted by molar-refractivity contribution is 0.254. The normalized spacial score (nSPS) is 18.9. The van der Waals surface area contributed by atoms with Crippen LogP contribution in [-0.4, -0.2) is 35.2 Å². The highest BCUT2D eigenvalue weighted by Gasteiger charge is 2.21. The molecule has 0 unspecified atom stereocenters. The maximum absolute atomic E-state index is 5.85. The van der Waals surface area contributed by atoms with Crippen molar-refractivity contribution in [2.75, 3.05) is 25.9 Å². The SMILES string of the molecule is CN1CCC(c2[nH]nc3ccc(N)cc23)CC1. The Balaban J connectivity index is 1.97. The molecular weight excluding hydrogens is 212 g/mol. The Morgan fingerprint density at radius 3 is 2.88 bits per heavy atom. The molecule has 2 aromatic rings. The molecule has 3 N–H and O–H groups in total. The van der Waals surface area contributed by atoms with Gasteiger partial charge in [0.25, 0.3) is 0 Å². The first-order valence-corrected chi connectivity index (χ1v) is 6.16. The van der Waals surface area contributed by atoms with Gasteiger partial charge in [0.05, 0.1) is 5.52 Å². The number of benzene rings is 1. The summed E-state index contributed by atoms with van der Waals surface area (Å²) in [5.41, 5.74) is 8.95. The Labute approximate surface area is 101 Å². The number of hydrogen-bond acceptors (Lipinski definition) is 3. The van der Waals surface area contributed by atoms with Gasteiger partial charge in [0.2, 0.25) is 0 Å². The van der Waals surface area contributed by atoms with Crippen molar-refractivity contribution >= 4 is 16.6 Å². The summed E-state index contributed by atoms with van der Waals surface area (Å²) in [5, 5.41) is 8.76. The molecule has 0 aliphatic carbocycles. The minimum absolute atomic E-state index is 0.595. The molecule has 17 heavy (non-hydrogen) atoms. The molecule has 1 fully saturated rings. The third kappa shape index (κ3) is 1.89. The minimum Gasteiger partial charge on any atom is -0.399 e. The summed E-state index contributed by atoms with van der Waals surface area (Å²) in [6.07, 6.45) is 2.39. The van der Waals surface area contributed by atoms with Gasteiger partial charge in [0, 0.05) is 22.7 Å². The average molecular weight is 230 g/mol. The van der Waals surface area contributed by atoms with Crippen molar-refractivity contribution in [1.29, 1.82) is 0 Å². The number of hydrogen-bond donors (Lipinski definition) is 2. The van der Waals surface area contributed by atoms with E-state index in [1.807, 2.05) is 18.2 Å². The van der Waals surface area contributed by atoms with Crippen LogP contribution in [0.25, 0.3) is 10.9 Å². The number of likely N-dealkylation sites (tertiary alicyclic amines) is 1. The molecule has 0 radical (unpaired) electrons. The van der Waals surface area contributed by atoms with Gasteiger partial charge < -0.3 is 10.6 Å². The molecule has 3 rings (SSSR count). The van der Waals surface area contributed by atoms with Crippen LogP contribution >= 0.6 is 0 Å². The number of anilines is 1. The summed E-state index contributed by atoms with van der Waals surface area (Å²) in [7, 11) is 2.18. The number of nitrogens with one attached hydrogen (secondary N) is 1. The number of piperidine rings is 1. The second-order valence-electron chi connectivity index (χ2n) is 4.99. The number of aromatic amines is 1. The first-order chi connectivity index (χ1) is 8.24. The zero-order valence-electron chi connectivity index (χ0n) is 10.1. The number of nitrogen functional groups attached to an aromatic ring is 1. The van der Waals surface area contributed by atoms with E-state index in [1.165, 1.54) is 23.9 Å². The quantitative estimate of drug-likeness (QED) is 0.736. The van der Waals surface area contributed by atoms with E-state index in [2.05, 4.69) is 22.1 Å². The van der Waals surface area contributed by atoms with E-state index in [0.29, 0.717) is 5.92 Å². The van der Waals surface area contributed by atoms with Crippen LogP contribution in [0.4, 0.5) is 5.69 Å². The largest absolute Gasteiger partial charge is 0.399 e. The number of nitrogens with zero attached hydrogens (tertiary/aromatic N) is 2. The summed E-state index contributed by atoms with van der Waals surface area (Å²) in [5.74, 6) is 0.595. The van der Waals surface area contributed by atoms with Crippen LogP contribution in [0.1, 0.15) is 24.5 Å². The lowest BCUT2D eigenvalue weighted by atomic mass is 9.92. The molecule has 2 heterocycles. The zero-order valence-corrected chi connectivity index (χ0v) is 10.1. The van der Waals surface area contributed by atoms with Crippen molar-refractivity contribution in [3.8, 4) is 0 Å². The van der Waals surface area contributed by atoms with Crippen LogP contribution in [0, 0.1) is 0 Å². The van der Waals surface area contributed by atoms with E-state index in [-0.39, 0.29) is 0 Å². The molecule has 1 aliphatic heterocycles. The van der Waals surface area contributed by atoms with Gasteiger partial charge in [-0.2, -0.15) is 5.10 Å². The maximum atomic E-state index is 5.85. The maximum Gasteiger partial charge on any atom is 0.0925 e. The fourth-order valence-electron chi connectivity index (χ4n) is 2.66. The predicted molar refractivity (Wildman–Crippen MR) is 70.0 cm³/mol. The topological polar surface area (TPSA) is 57.9 Å². The van der Waals surface area contributed by atoms with Gasteiger partial charge in [-0.15, -0.1) is 0 Å². The molecule has 0 spiro atoms. The molecule has 4 nitrogen and oxygen atoms in total. The van der Waals surface area contributed by atoms with Crippen molar-refractivity contribution in [2.24, 2.45) is 0 Å². The van der Waals surface area contributed by atoms with Gasteiger partial charge in [0.15, 0.2) is 0 Å². The van der Waals surface area contributed by atoms with E-state index in [1.54, 1.807) is 0 Å². The molecule has 90 valence electrons. The number of aromatic nitrogens is 2. The first kappa shape index (κ1) is 10.6. The van der Waals surface area contributed by atoms with Crippen molar-refractivity contribution in [3.05, 3.63) is 23.9 Å². The van der Waals surface area contributed by atoms with Gasteiger partial charge in [-0.3, -0.25) is 5.10 Å². The number of rotatable bonds is 1. The molecule has 0 atom stereocenters. The highest BCUT2D eigenvalue weighted by Crippen LogP contribution is 2.31. The lowest BCUT2D eigenvalue weighted by Crippen LogP contribution is -2.29. The van der Waals surface area contributed by atoms with Crippen LogP contribution in [0.2, 0.25) is 0 Å². The van der Waals surface area contributed by atoms with Gasteiger partial charge in [-0.1, -0.05) is 0 Å². The zero-order chi connectivity index (χ0) is 11.8. The highest BCUT2D eigenvalue weighted by atomic mass is 15.1. The Bertz CT molecular complexity index is 523. The molecule has 0 bridgehead atoms. The molecule has 1 aliphatic rings. The monoisotopic (exact) mass is 230 g/mol. The fraction of sp³-hybridized carbons (Fsp3) is 0.462. The van der Waals surface area contributed by atoms with Crippen LogP contribution < -0.4 is 5.73 Å². The van der Waals surface area contributed by atoms with Crippen molar-refractivity contribution in [3.63, 3.8) is 0 Å². The Morgan fingerprint density at radius 1 is 1.35 bits per heavy atom. The second-order valence-corrected chi connectivity index (χ2v) is 4.99. The highest BCUT2D eigenvalue weighted by molar-refractivity contribution is 5.84. The van der Waals surface area contributed by atoms with E-state index in [0.717, 1.165) is 24.3 Å². The Morgan fingerprint density at radius 2 is 2.12 bits per heavy atom. The van der Waals surface area contributed by atoms with E-state index in [9.17, 15) is 0 Å². The summed E-state index contributed by atoms with van der Waals surface area (Å²) >= 11 is 0. The second kappa shape index (κ2) is 4.04. The van der Waals surface area contributed by atoms with E-state index >= 15 is 0 Å². The summed E-state index contributed by atoms with van der Waals surface area (Å²) in [6.45, 7) is 2.32. The minimum atomic E-state index is 0.595. The molecule has 1 saturated heterocycles. The van der Waals surface area contributed by atoms with Crippen LogP contribution in [0.3, 0.4) is 0 Å². The van der Waals surface area contributed by atoms with Gasteiger partial charge in [-0.05, 0) is 51.2 Å². The Kier molecular flexibility index (Phi) is 2.52. The van der Waals surface area contributed by atoms with Gasteiger partial charge >= 0.3 is 0 Å². The standard InChI is InChI=1S/C13H18N4/c1-17-6-4-9(5-7-17)13-11-8-10(14)2-3-12(11)15-16-13/h2-3,8-9H,4-7,14H2,1H3,(H,15,16). The fourth-order valence-corrected chi connectivity index (χ4v) is 2.66. The van der Waals surface area contributed by atoms with Crippen LogP contribution in [0.5, 0.6) is 0 Å². The average Bonchev–Trinajstić information content (AvgIpc) is 2.73. The number of H-pyrrole nitrogens is 1. The Hall–Kier alpha value is -1.55. The van der Waals surface area contributed by atoms with E-state index < -0.39 is 0 Å². The number of fused-ring (bicyclic) bond motifs is 1. The molecule has 1 aromatic heterocycles. The van der Waals surface area contributed by atoms with Crippen LogP contribution in [-0.2, 0) is 0 Å².